The number of carbonyl (C=O) groups is 1. The van der Waals surface area contributed by atoms with Crippen LogP contribution in [0.1, 0.15) is 0 Å². The maximum atomic E-state index is 12.7. The smallest absolute Gasteiger partial charge is 0.425 e. The zero-order valence-corrected chi connectivity index (χ0v) is 10.4. The number of nitrogens with two attached hydrogens (primary N) is 1. The Kier molecular flexibility index (Phi) is 4.70. The highest BCUT2D eigenvalue weighted by Crippen LogP contribution is 2.40. The second kappa shape index (κ2) is 5.70. The number of carbonyl (C=O) groups excluding carboxylic acids is 1. The number of rotatable bonds is 4. The number of urea groups is 1. The maximum Gasteiger partial charge on any atom is 0.461 e. The van der Waals surface area contributed by atoms with Crippen LogP contribution in [0.5, 0.6) is 5.75 Å². The highest BCUT2D eigenvalue weighted by Gasteiger charge is 2.44. The van der Waals surface area contributed by atoms with Crippen molar-refractivity contribution in [2.75, 3.05) is 5.32 Å². The van der Waals surface area contributed by atoms with E-state index in [0.29, 0.717) is 0 Å². The second-order valence-corrected chi connectivity index (χ2v) is 4.04. The number of hydrogen-bond acceptors (Lipinski definition) is 2. The Bertz CT molecular complexity index is 476. The Hall–Kier alpha value is -1.41. The molecule has 0 spiro atoms. The van der Waals surface area contributed by atoms with Gasteiger partial charge in [0.25, 0.3) is 0 Å². The molecule has 0 unspecified atom stereocenters. The molecule has 0 fully saturated rings. The Labute approximate surface area is 114 Å². The van der Waals surface area contributed by atoms with E-state index in [1.165, 1.54) is 0 Å². The van der Waals surface area contributed by atoms with Crippen molar-refractivity contribution in [2.45, 2.75) is 12.5 Å². The molecule has 0 aromatic heterocycles. The van der Waals surface area contributed by atoms with Crippen LogP contribution in [0.25, 0.3) is 0 Å². The van der Waals surface area contributed by atoms with E-state index in [9.17, 15) is 22.4 Å². The predicted octanol–water partition coefficient (Wildman–Crippen LogP) is 3.72. The van der Waals surface area contributed by atoms with Gasteiger partial charge < -0.3 is 15.8 Å². The van der Waals surface area contributed by atoms with Gasteiger partial charge in [-0.05, 0) is 12.1 Å². The van der Waals surface area contributed by atoms with Crippen LogP contribution >= 0.6 is 23.2 Å². The summed E-state index contributed by atoms with van der Waals surface area (Å²) in [6, 6.07) is 0.989. The van der Waals surface area contributed by atoms with Crippen molar-refractivity contribution in [1.29, 1.82) is 0 Å². The zero-order chi connectivity index (χ0) is 14.8. The first-order chi connectivity index (χ1) is 8.63. The summed E-state index contributed by atoms with van der Waals surface area (Å²) < 4.78 is 53.2. The molecule has 10 heteroatoms. The largest absolute Gasteiger partial charge is 0.461 e. The Morgan fingerprint density at radius 3 is 2.16 bits per heavy atom. The summed E-state index contributed by atoms with van der Waals surface area (Å²) >= 11 is 11.1. The van der Waals surface area contributed by atoms with Gasteiger partial charge in [0, 0.05) is 5.69 Å². The molecule has 1 aromatic rings. The van der Waals surface area contributed by atoms with E-state index in [4.69, 9.17) is 28.9 Å². The van der Waals surface area contributed by atoms with E-state index < -0.39 is 34.4 Å². The summed E-state index contributed by atoms with van der Waals surface area (Å²) in [5.41, 5.74) is 4.81. The van der Waals surface area contributed by atoms with Gasteiger partial charge in [-0.15, -0.1) is 0 Å². The fraction of sp³-hybridized carbons (Fsp3) is 0.222. The van der Waals surface area contributed by atoms with Crippen LogP contribution in [-0.2, 0) is 0 Å². The molecule has 0 saturated heterocycles. The minimum Gasteiger partial charge on any atom is -0.425 e. The molecule has 106 valence electrons. The molecule has 0 aliphatic rings. The zero-order valence-electron chi connectivity index (χ0n) is 8.89. The third-order valence-corrected chi connectivity index (χ3v) is 2.32. The van der Waals surface area contributed by atoms with E-state index in [1.807, 2.05) is 0 Å². The van der Waals surface area contributed by atoms with Gasteiger partial charge in [-0.2, -0.15) is 17.6 Å². The number of alkyl halides is 4. The molecule has 0 atom stereocenters. The number of anilines is 1. The molecule has 0 bridgehead atoms. The van der Waals surface area contributed by atoms with Gasteiger partial charge in [-0.3, -0.25) is 0 Å². The molecule has 3 N–H and O–H groups in total. The lowest BCUT2D eigenvalue weighted by molar-refractivity contribution is -0.253. The van der Waals surface area contributed by atoms with Crippen molar-refractivity contribution in [3.05, 3.63) is 22.2 Å². The summed E-state index contributed by atoms with van der Waals surface area (Å²) in [4.78, 5) is 10.6. The molecule has 0 heterocycles. The Morgan fingerprint density at radius 2 is 1.79 bits per heavy atom. The van der Waals surface area contributed by atoms with Crippen LogP contribution in [0.3, 0.4) is 0 Å². The molecule has 0 radical (unpaired) electrons. The molecule has 1 aromatic carbocycles. The number of ether oxygens (including phenoxy) is 1. The van der Waals surface area contributed by atoms with Crippen LogP contribution in [-0.4, -0.2) is 18.6 Å². The first-order valence-electron chi connectivity index (χ1n) is 4.54. The standard InChI is InChI=1S/C9H6Cl2F4N2O2/c10-4-1-3(17-8(16)18)2-5(11)6(4)19-9(14,15)7(12)13/h1-2,7H,(H3,16,17,18). The SMILES string of the molecule is NC(=O)Nc1cc(Cl)c(OC(F)(F)C(F)F)c(Cl)c1. The van der Waals surface area contributed by atoms with Crippen LogP contribution in [0.4, 0.5) is 28.0 Å². The fourth-order valence-corrected chi connectivity index (χ4v) is 1.62. The van der Waals surface area contributed by atoms with Gasteiger partial charge in [-0.25, -0.2) is 4.79 Å². The Balaban J connectivity index is 3.07. The third kappa shape index (κ3) is 4.03. The number of amides is 2. The van der Waals surface area contributed by atoms with E-state index in [0.717, 1.165) is 12.1 Å². The van der Waals surface area contributed by atoms with E-state index in [-0.39, 0.29) is 5.69 Å². The van der Waals surface area contributed by atoms with Crippen LogP contribution in [0.15, 0.2) is 12.1 Å². The molecule has 19 heavy (non-hydrogen) atoms. The quantitative estimate of drug-likeness (QED) is 0.830. The molecule has 0 aliphatic heterocycles. The molecule has 4 nitrogen and oxygen atoms in total. The summed E-state index contributed by atoms with van der Waals surface area (Å²) in [5.74, 6) is -0.830. The molecule has 1 rings (SSSR count). The minimum absolute atomic E-state index is 0.00443. The van der Waals surface area contributed by atoms with Crippen molar-refractivity contribution >= 4 is 34.9 Å². The average Bonchev–Trinajstić information content (AvgIpc) is 2.22. The topological polar surface area (TPSA) is 64.4 Å². The van der Waals surface area contributed by atoms with Gasteiger partial charge >= 0.3 is 18.6 Å². The lowest BCUT2D eigenvalue weighted by atomic mass is 10.3. The van der Waals surface area contributed by atoms with Crippen molar-refractivity contribution in [3.63, 3.8) is 0 Å². The third-order valence-electron chi connectivity index (χ3n) is 1.76. The van der Waals surface area contributed by atoms with Gasteiger partial charge in [0.15, 0.2) is 5.75 Å². The monoisotopic (exact) mass is 320 g/mol. The lowest BCUT2D eigenvalue weighted by Gasteiger charge is -2.19. The second-order valence-electron chi connectivity index (χ2n) is 3.22. The van der Waals surface area contributed by atoms with E-state index in [2.05, 4.69) is 10.1 Å². The van der Waals surface area contributed by atoms with Crippen LogP contribution in [0.2, 0.25) is 10.0 Å². The highest BCUT2D eigenvalue weighted by molar-refractivity contribution is 6.37. The average molecular weight is 321 g/mol. The number of hydrogen-bond donors (Lipinski definition) is 2. The molecule has 0 saturated carbocycles. The van der Waals surface area contributed by atoms with Crippen molar-refractivity contribution < 1.29 is 27.1 Å². The molecule has 0 aliphatic carbocycles. The van der Waals surface area contributed by atoms with Gasteiger partial charge in [0.1, 0.15) is 0 Å². The number of nitrogens with one attached hydrogen (secondary N) is 1. The predicted molar refractivity (Wildman–Crippen MR) is 61.2 cm³/mol. The summed E-state index contributed by atoms with van der Waals surface area (Å²) in [7, 11) is 0. The van der Waals surface area contributed by atoms with Crippen molar-refractivity contribution in [2.24, 2.45) is 5.73 Å². The van der Waals surface area contributed by atoms with E-state index >= 15 is 0 Å². The van der Waals surface area contributed by atoms with Gasteiger partial charge in [0.05, 0.1) is 10.0 Å². The Morgan fingerprint density at radius 1 is 1.32 bits per heavy atom. The number of benzene rings is 1. The normalized spacial score (nSPS) is 11.5. The lowest BCUT2D eigenvalue weighted by Crippen LogP contribution is -2.33. The summed E-state index contributed by atoms with van der Waals surface area (Å²) in [6.07, 6.45) is -8.80. The highest BCUT2D eigenvalue weighted by atomic mass is 35.5. The molecular weight excluding hydrogens is 315 g/mol. The van der Waals surface area contributed by atoms with Gasteiger partial charge in [-0.1, -0.05) is 23.2 Å². The number of halogens is 6. The first kappa shape index (κ1) is 15.6. The maximum absolute atomic E-state index is 12.7. The summed E-state index contributed by atoms with van der Waals surface area (Å²) in [5, 5.41) is 1.10. The summed E-state index contributed by atoms with van der Waals surface area (Å²) in [6.45, 7) is 0. The van der Waals surface area contributed by atoms with Crippen LogP contribution in [0, 0.1) is 0 Å². The van der Waals surface area contributed by atoms with Crippen LogP contribution < -0.4 is 15.8 Å². The van der Waals surface area contributed by atoms with Gasteiger partial charge in [0.2, 0.25) is 0 Å². The van der Waals surface area contributed by atoms with Crippen molar-refractivity contribution in [1.82, 2.24) is 0 Å². The molecule has 2 amide bonds. The first-order valence-corrected chi connectivity index (χ1v) is 5.29. The fourth-order valence-electron chi connectivity index (χ4n) is 1.05. The van der Waals surface area contributed by atoms with Crippen molar-refractivity contribution in [3.8, 4) is 5.75 Å². The minimum atomic E-state index is -4.74. The number of primary amides is 1. The van der Waals surface area contributed by atoms with E-state index in [1.54, 1.807) is 0 Å². The molecular formula is C9H6Cl2F4N2O2.